The fourth-order valence-electron chi connectivity index (χ4n) is 2.77. The van der Waals surface area contributed by atoms with Gasteiger partial charge in [-0.15, -0.1) is 0 Å². The maximum atomic E-state index is 13.0. The molecule has 1 aliphatic carbocycles. The van der Waals surface area contributed by atoms with E-state index in [0.717, 1.165) is 23.8 Å². The summed E-state index contributed by atoms with van der Waals surface area (Å²) in [6.45, 7) is 1.04. The quantitative estimate of drug-likeness (QED) is 0.650. The van der Waals surface area contributed by atoms with Crippen LogP contribution in [-0.2, 0) is 20.9 Å². The van der Waals surface area contributed by atoms with Crippen molar-refractivity contribution in [2.75, 3.05) is 6.54 Å². The maximum absolute atomic E-state index is 13.0. The zero-order valence-corrected chi connectivity index (χ0v) is 13.7. The highest BCUT2D eigenvalue weighted by atomic mass is 35.5. The summed E-state index contributed by atoms with van der Waals surface area (Å²) in [6.07, 6.45) is 1.76. The molecule has 8 heteroatoms. The van der Waals surface area contributed by atoms with Gasteiger partial charge in [-0.2, -0.15) is 0 Å². The van der Waals surface area contributed by atoms with E-state index in [9.17, 15) is 18.8 Å². The van der Waals surface area contributed by atoms with E-state index < -0.39 is 35.8 Å². The van der Waals surface area contributed by atoms with E-state index in [-0.39, 0.29) is 17.5 Å². The maximum Gasteiger partial charge on any atom is 0.326 e. The summed E-state index contributed by atoms with van der Waals surface area (Å²) in [5.41, 5.74) is -0.496. The van der Waals surface area contributed by atoms with Crippen LogP contribution in [0.15, 0.2) is 18.2 Å². The van der Waals surface area contributed by atoms with Gasteiger partial charge in [-0.05, 0) is 37.8 Å². The molecule has 0 spiro atoms. The molecule has 1 heterocycles. The van der Waals surface area contributed by atoms with Crippen LogP contribution in [0, 0.1) is 11.7 Å². The Hall–Kier alpha value is -2.15. The van der Waals surface area contributed by atoms with E-state index in [1.54, 1.807) is 6.92 Å². The van der Waals surface area contributed by atoms with Gasteiger partial charge in [-0.1, -0.05) is 17.7 Å². The number of hydrogen-bond donors (Lipinski definition) is 1. The van der Waals surface area contributed by atoms with Crippen molar-refractivity contribution in [1.29, 1.82) is 0 Å². The lowest BCUT2D eigenvalue weighted by Crippen LogP contribution is -2.46. The van der Waals surface area contributed by atoms with Crippen molar-refractivity contribution in [2.24, 2.45) is 5.92 Å². The van der Waals surface area contributed by atoms with Crippen molar-refractivity contribution < 1.29 is 23.5 Å². The number of ether oxygens (including phenoxy) is 1. The number of carbonyl (C=O) groups excluding carboxylic acids is 3. The van der Waals surface area contributed by atoms with Crippen LogP contribution in [0.3, 0.4) is 0 Å². The molecule has 1 unspecified atom stereocenters. The average molecular weight is 355 g/mol. The first kappa shape index (κ1) is 16.7. The SMILES string of the molecule is CC1(C2CC2)NC(=O)N(CC(=O)OCc2ccc(F)cc2Cl)C1=O. The molecule has 1 aliphatic heterocycles. The Labute approximate surface area is 142 Å². The van der Waals surface area contributed by atoms with Gasteiger partial charge < -0.3 is 10.1 Å². The predicted molar refractivity (Wildman–Crippen MR) is 82.6 cm³/mol. The van der Waals surface area contributed by atoms with Crippen molar-refractivity contribution in [3.8, 4) is 0 Å². The fourth-order valence-corrected chi connectivity index (χ4v) is 2.99. The van der Waals surface area contributed by atoms with Gasteiger partial charge in [0.15, 0.2) is 0 Å². The Bertz CT molecular complexity index is 722. The average Bonchev–Trinajstić information content (AvgIpc) is 3.33. The highest BCUT2D eigenvalue weighted by molar-refractivity contribution is 6.31. The highest BCUT2D eigenvalue weighted by Gasteiger charge is 2.56. The van der Waals surface area contributed by atoms with Crippen LogP contribution in [0.25, 0.3) is 0 Å². The molecule has 2 fully saturated rings. The van der Waals surface area contributed by atoms with Gasteiger partial charge in [0, 0.05) is 5.56 Å². The second-order valence-electron chi connectivity index (χ2n) is 6.19. The normalized spacial score (nSPS) is 23.4. The lowest BCUT2D eigenvalue weighted by atomic mass is 9.96. The number of nitrogens with one attached hydrogen (secondary N) is 1. The molecule has 3 rings (SSSR count). The number of urea groups is 1. The highest BCUT2D eigenvalue weighted by Crippen LogP contribution is 2.42. The van der Waals surface area contributed by atoms with Gasteiger partial charge in [-0.25, -0.2) is 9.18 Å². The fraction of sp³-hybridized carbons (Fsp3) is 0.438. The van der Waals surface area contributed by atoms with Gasteiger partial charge in [0.25, 0.3) is 5.91 Å². The van der Waals surface area contributed by atoms with Gasteiger partial charge in [0.05, 0.1) is 5.02 Å². The van der Waals surface area contributed by atoms with Gasteiger partial charge in [-0.3, -0.25) is 14.5 Å². The number of nitrogens with zero attached hydrogens (tertiary/aromatic N) is 1. The van der Waals surface area contributed by atoms with E-state index in [0.29, 0.717) is 5.56 Å². The Balaban J connectivity index is 1.58. The lowest BCUT2D eigenvalue weighted by molar-refractivity contribution is -0.148. The molecular formula is C16H16ClFN2O4. The number of esters is 1. The smallest absolute Gasteiger partial charge is 0.326 e. The van der Waals surface area contributed by atoms with Crippen molar-refractivity contribution in [3.63, 3.8) is 0 Å². The number of amides is 3. The molecule has 2 aliphatic rings. The summed E-state index contributed by atoms with van der Waals surface area (Å²) in [4.78, 5) is 37.1. The zero-order valence-electron chi connectivity index (χ0n) is 13.0. The first-order valence-corrected chi connectivity index (χ1v) is 7.92. The minimum Gasteiger partial charge on any atom is -0.459 e. The van der Waals surface area contributed by atoms with Crippen LogP contribution in [0.2, 0.25) is 5.02 Å². The summed E-state index contributed by atoms with van der Waals surface area (Å²) < 4.78 is 18.0. The van der Waals surface area contributed by atoms with Gasteiger partial charge in [0.1, 0.15) is 24.5 Å². The van der Waals surface area contributed by atoms with Crippen LogP contribution < -0.4 is 5.32 Å². The predicted octanol–water partition coefficient (Wildman–Crippen LogP) is 2.24. The molecule has 1 aromatic carbocycles. The summed E-state index contributed by atoms with van der Waals surface area (Å²) in [5.74, 6) is -1.52. The van der Waals surface area contributed by atoms with Crippen LogP contribution >= 0.6 is 11.6 Å². The summed E-state index contributed by atoms with van der Waals surface area (Å²) in [7, 11) is 0. The van der Waals surface area contributed by atoms with Gasteiger partial charge >= 0.3 is 12.0 Å². The molecule has 0 aromatic heterocycles. The Morgan fingerprint density at radius 2 is 2.17 bits per heavy atom. The molecule has 0 radical (unpaired) electrons. The number of carbonyl (C=O) groups is 3. The standard InChI is InChI=1S/C16H16ClFN2O4/c1-16(10-3-4-10)14(22)20(15(23)19-16)7-13(21)24-8-9-2-5-11(18)6-12(9)17/h2,5-6,10H,3-4,7-8H2,1H3,(H,19,23). The van der Waals surface area contributed by atoms with E-state index in [1.165, 1.54) is 12.1 Å². The summed E-state index contributed by atoms with van der Waals surface area (Å²) in [6, 6.07) is 3.13. The van der Waals surface area contributed by atoms with Crippen LogP contribution in [0.4, 0.5) is 9.18 Å². The first-order valence-electron chi connectivity index (χ1n) is 7.55. The van der Waals surface area contributed by atoms with Crippen LogP contribution in [0.5, 0.6) is 0 Å². The molecule has 0 bridgehead atoms. The molecule has 6 nitrogen and oxygen atoms in total. The second-order valence-corrected chi connectivity index (χ2v) is 6.60. The van der Waals surface area contributed by atoms with Crippen molar-refractivity contribution >= 4 is 29.5 Å². The Kier molecular flexibility index (Phi) is 4.21. The van der Waals surface area contributed by atoms with Crippen molar-refractivity contribution in [2.45, 2.75) is 31.9 Å². The monoisotopic (exact) mass is 354 g/mol. The molecule has 1 atom stereocenters. The minimum atomic E-state index is -0.933. The Morgan fingerprint density at radius 3 is 2.79 bits per heavy atom. The van der Waals surface area contributed by atoms with E-state index >= 15 is 0 Å². The molecule has 1 N–H and O–H groups in total. The number of rotatable bonds is 5. The molecule has 1 saturated carbocycles. The number of halogens is 2. The number of hydrogen-bond acceptors (Lipinski definition) is 4. The third-order valence-electron chi connectivity index (χ3n) is 4.39. The third-order valence-corrected chi connectivity index (χ3v) is 4.74. The lowest BCUT2D eigenvalue weighted by Gasteiger charge is -2.20. The van der Waals surface area contributed by atoms with Crippen LogP contribution in [-0.4, -0.2) is 34.9 Å². The van der Waals surface area contributed by atoms with Crippen LogP contribution in [0.1, 0.15) is 25.3 Å². The van der Waals surface area contributed by atoms with E-state index in [1.807, 2.05) is 0 Å². The molecule has 1 aromatic rings. The summed E-state index contributed by atoms with van der Waals surface area (Å²) in [5, 5.41) is 2.79. The number of benzene rings is 1. The topological polar surface area (TPSA) is 75.7 Å². The molecule has 1 saturated heterocycles. The largest absolute Gasteiger partial charge is 0.459 e. The minimum absolute atomic E-state index is 0.119. The Morgan fingerprint density at radius 1 is 1.46 bits per heavy atom. The van der Waals surface area contributed by atoms with E-state index in [2.05, 4.69) is 5.32 Å². The zero-order chi connectivity index (χ0) is 17.5. The first-order chi connectivity index (χ1) is 11.3. The second kappa shape index (κ2) is 6.05. The van der Waals surface area contributed by atoms with Crippen molar-refractivity contribution in [3.05, 3.63) is 34.6 Å². The summed E-state index contributed by atoms with van der Waals surface area (Å²) >= 11 is 5.85. The third kappa shape index (κ3) is 3.08. The van der Waals surface area contributed by atoms with E-state index in [4.69, 9.17) is 16.3 Å². The number of imide groups is 1. The van der Waals surface area contributed by atoms with Gasteiger partial charge in [0.2, 0.25) is 0 Å². The molecule has 3 amide bonds. The van der Waals surface area contributed by atoms with Crippen molar-refractivity contribution in [1.82, 2.24) is 10.2 Å². The molecule has 24 heavy (non-hydrogen) atoms. The molecule has 128 valence electrons. The molecular weight excluding hydrogens is 339 g/mol.